The summed E-state index contributed by atoms with van der Waals surface area (Å²) in [5.74, 6) is -0.185. The van der Waals surface area contributed by atoms with Crippen molar-refractivity contribution in [3.05, 3.63) is 24.3 Å². The zero-order valence-electron chi connectivity index (χ0n) is 8.62. The van der Waals surface area contributed by atoms with Gasteiger partial charge in [0.1, 0.15) is 6.17 Å². The van der Waals surface area contributed by atoms with E-state index >= 15 is 0 Å². The molecule has 0 aromatic heterocycles. The molecule has 0 spiro atoms. The van der Waals surface area contributed by atoms with Crippen LogP contribution in [0.2, 0.25) is 0 Å². The lowest BCUT2D eigenvalue weighted by molar-refractivity contribution is -0.143. The van der Waals surface area contributed by atoms with E-state index in [4.69, 9.17) is 4.74 Å². The van der Waals surface area contributed by atoms with E-state index in [1.807, 2.05) is 31.2 Å². The Morgan fingerprint density at radius 2 is 1.93 bits per heavy atom. The van der Waals surface area contributed by atoms with Gasteiger partial charge in [0.05, 0.1) is 24.4 Å². The molecule has 80 valence electrons. The average Bonchev–Trinajstić information content (AvgIpc) is 2.59. The molecule has 0 saturated heterocycles. The molecule has 0 saturated carbocycles. The van der Waals surface area contributed by atoms with Crippen LogP contribution in [0.1, 0.15) is 13.3 Å². The number of fused-ring (bicyclic) bond motifs is 1. The largest absolute Gasteiger partial charge is 0.466 e. The fourth-order valence-corrected chi connectivity index (χ4v) is 1.63. The quantitative estimate of drug-likeness (QED) is 0.740. The van der Waals surface area contributed by atoms with Crippen molar-refractivity contribution >= 4 is 17.3 Å². The summed E-state index contributed by atoms with van der Waals surface area (Å²) in [7, 11) is 0. The van der Waals surface area contributed by atoms with Gasteiger partial charge in [0, 0.05) is 0 Å². The van der Waals surface area contributed by atoms with Crippen LogP contribution < -0.4 is 10.6 Å². The fraction of sp³-hybridized carbons (Fsp3) is 0.364. The molecule has 2 rings (SSSR count). The summed E-state index contributed by atoms with van der Waals surface area (Å²) >= 11 is 0. The van der Waals surface area contributed by atoms with Crippen LogP contribution in [0.3, 0.4) is 0 Å². The van der Waals surface area contributed by atoms with Gasteiger partial charge in [-0.2, -0.15) is 0 Å². The zero-order valence-corrected chi connectivity index (χ0v) is 8.62. The predicted molar refractivity (Wildman–Crippen MR) is 58.7 cm³/mol. The number of esters is 1. The monoisotopic (exact) mass is 206 g/mol. The van der Waals surface area contributed by atoms with Gasteiger partial charge in [-0.1, -0.05) is 12.1 Å². The number of nitrogens with one attached hydrogen (secondary N) is 2. The molecule has 4 heteroatoms. The number of hydrogen-bond acceptors (Lipinski definition) is 4. The minimum Gasteiger partial charge on any atom is -0.466 e. The molecule has 1 aromatic carbocycles. The van der Waals surface area contributed by atoms with Crippen LogP contribution in [0.15, 0.2) is 24.3 Å². The third-order valence-electron chi connectivity index (χ3n) is 2.26. The van der Waals surface area contributed by atoms with Crippen LogP contribution >= 0.6 is 0 Å². The van der Waals surface area contributed by atoms with E-state index in [2.05, 4.69) is 10.6 Å². The lowest BCUT2D eigenvalue weighted by Crippen LogP contribution is -2.26. The molecular formula is C11H14N2O2. The predicted octanol–water partition coefficient (Wildman–Crippen LogP) is 1.80. The maximum atomic E-state index is 11.2. The maximum Gasteiger partial charge on any atom is 0.309 e. The van der Waals surface area contributed by atoms with Crippen LogP contribution in [0.5, 0.6) is 0 Å². The second-order valence-corrected chi connectivity index (χ2v) is 3.40. The van der Waals surface area contributed by atoms with Gasteiger partial charge in [-0.3, -0.25) is 4.79 Å². The van der Waals surface area contributed by atoms with E-state index in [9.17, 15) is 4.79 Å². The van der Waals surface area contributed by atoms with Crippen LogP contribution in [0, 0.1) is 0 Å². The summed E-state index contributed by atoms with van der Waals surface area (Å²) in [6.07, 6.45) is 0.282. The van der Waals surface area contributed by atoms with Crippen molar-refractivity contribution in [3.63, 3.8) is 0 Å². The number of rotatable bonds is 3. The molecular weight excluding hydrogens is 192 g/mol. The number of anilines is 2. The standard InChI is InChI=1S/C11H14N2O2/c1-2-15-11(14)7-10-12-8-5-3-4-6-9(8)13-10/h3-6,10,12-13H,2,7H2,1H3. The molecule has 0 fully saturated rings. The van der Waals surface area contributed by atoms with Crippen molar-refractivity contribution < 1.29 is 9.53 Å². The summed E-state index contributed by atoms with van der Waals surface area (Å²) in [6.45, 7) is 2.24. The highest BCUT2D eigenvalue weighted by molar-refractivity contribution is 5.78. The Bertz CT molecular complexity index is 340. The van der Waals surface area contributed by atoms with Crippen molar-refractivity contribution in [2.24, 2.45) is 0 Å². The maximum absolute atomic E-state index is 11.2. The number of hydrogen-bond donors (Lipinski definition) is 2. The van der Waals surface area contributed by atoms with Crippen LogP contribution in [0.25, 0.3) is 0 Å². The molecule has 1 aromatic rings. The first-order chi connectivity index (χ1) is 7.29. The molecule has 2 N–H and O–H groups in total. The third-order valence-corrected chi connectivity index (χ3v) is 2.26. The average molecular weight is 206 g/mol. The van der Waals surface area contributed by atoms with Crippen LogP contribution in [-0.4, -0.2) is 18.7 Å². The Labute approximate surface area is 88.6 Å². The van der Waals surface area contributed by atoms with E-state index in [-0.39, 0.29) is 12.1 Å². The van der Waals surface area contributed by atoms with E-state index in [1.54, 1.807) is 0 Å². The van der Waals surface area contributed by atoms with Crippen LogP contribution in [0.4, 0.5) is 11.4 Å². The highest BCUT2D eigenvalue weighted by atomic mass is 16.5. The van der Waals surface area contributed by atoms with Gasteiger partial charge in [0.2, 0.25) is 0 Å². The molecule has 0 atom stereocenters. The second kappa shape index (κ2) is 4.21. The summed E-state index contributed by atoms with van der Waals surface area (Å²) in [6, 6.07) is 7.88. The Morgan fingerprint density at radius 3 is 2.47 bits per heavy atom. The molecule has 1 aliphatic rings. The van der Waals surface area contributed by atoms with Gasteiger partial charge in [0.15, 0.2) is 0 Å². The first-order valence-corrected chi connectivity index (χ1v) is 5.07. The van der Waals surface area contributed by atoms with E-state index in [1.165, 1.54) is 0 Å². The number of carbonyl (C=O) groups is 1. The highest BCUT2D eigenvalue weighted by Crippen LogP contribution is 2.28. The minimum atomic E-state index is -0.185. The van der Waals surface area contributed by atoms with Gasteiger partial charge in [-0.05, 0) is 19.1 Å². The van der Waals surface area contributed by atoms with Gasteiger partial charge < -0.3 is 15.4 Å². The summed E-state index contributed by atoms with van der Waals surface area (Å²) in [4.78, 5) is 11.2. The lowest BCUT2D eigenvalue weighted by atomic mass is 10.3. The van der Waals surface area contributed by atoms with Gasteiger partial charge in [0.25, 0.3) is 0 Å². The molecule has 1 heterocycles. The first-order valence-electron chi connectivity index (χ1n) is 5.07. The van der Waals surface area contributed by atoms with Crippen molar-refractivity contribution in [2.45, 2.75) is 19.5 Å². The van der Waals surface area contributed by atoms with Crippen molar-refractivity contribution in [2.75, 3.05) is 17.2 Å². The van der Waals surface area contributed by atoms with Gasteiger partial charge >= 0.3 is 5.97 Å². The molecule has 1 aliphatic heterocycles. The first kappa shape index (κ1) is 9.83. The second-order valence-electron chi connectivity index (χ2n) is 3.40. The number of benzene rings is 1. The SMILES string of the molecule is CCOC(=O)CC1Nc2ccccc2N1. The fourth-order valence-electron chi connectivity index (χ4n) is 1.63. The zero-order chi connectivity index (χ0) is 10.7. The summed E-state index contributed by atoms with van der Waals surface area (Å²) in [5, 5.41) is 6.42. The smallest absolute Gasteiger partial charge is 0.309 e. The third kappa shape index (κ3) is 2.21. The number of carbonyl (C=O) groups excluding carboxylic acids is 1. The van der Waals surface area contributed by atoms with E-state index in [0.717, 1.165) is 11.4 Å². The molecule has 0 amide bonds. The molecule has 0 aliphatic carbocycles. The highest BCUT2D eigenvalue weighted by Gasteiger charge is 2.21. The topological polar surface area (TPSA) is 50.4 Å². The number of para-hydroxylation sites is 2. The van der Waals surface area contributed by atoms with Crippen molar-refractivity contribution in [1.29, 1.82) is 0 Å². The molecule has 0 bridgehead atoms. The Kier molecular flexibility index (Phi) is 2.76. The summed E-state index contributed by atoms with van der Waals surface area (Å²) in [5.41, 5.74) is 2.07. The van der Waals surface area contributed by atoms with Gasteiger partial charge in [-0.15, -0.1) is 0 Å². The van der Waals surface area contributed by atoms with Gasteiger partial charge in [-0.25, -0.2) is 0 Å². The molecule has 4 nitrogen and oxygen atoms in total. The molecule has 0 unspecified atom stereocenters. The Balaban J connectivity index is 1.93. The van der Waals surface area contributed by atoms with Crippen molar-refractivity contribution in [1.82, 2.24) is 0 Å². The Morgan fingerprint density at radius 1 is 1.33 bits per heavy atom. The molecule has 0 radical (unpaired) electrons. The van der Waals surface area contributed by atoms with Crippen LogP contribution in [-0.2, 0) is 9.53 Å². The summed E-state index contributed by atoms with van der Waals surface area (Å²) < 4.78 is 4.88. The normalized spacial score (nSPS) is 13.9. The van der Waals surface area contributed by atoms with Crippen molar-refractivity contribution in [3.8, 4) is 0 Å². The Hall–Kier alpha value is -1.71. The lowest BCUT2D eigenvalue weighted by Gasteiger charge is -2.10. The number of ether oxygens (including phenoxy) is 1. The van der Waals surface area contributed by atoms with E-state index < -0.39 is 0 Å². The minimum absolute atomic E-state index is 0.0542. The molecule has 15 heavy (non-hydrogen) atoms. The van der Waals surface area contributed by atoms with E-state index in [0.29, 0.717) is 13.0 Å².